The summed E-state index contributed by atoms with van der Waals surface area (Å²) in [6.07, 6.45) is 0. The van der Waals surface area contributed by atoms with Gasteiger partial charge in [0.05, 0.1) is 13.2 Å². The molecule has 0 fully saturated rings. The maximum atomic E-state index is 5.87. The molecule has 0 spiro atoms. The molecule has 158 valence electrons. The number of nitrogens with one attached hydrogen (secondary N) is 2. The van der Waals surface area contributed by atoms with E-state index in [-0.39, 0.29) is 0 Å². The fraction of sp³-hybridized carbons (Fsp3) is 0.435. The van der Waals surface area contributed by atoms with Gasteiger partial charge in [0.1, 0.15) is 12.4 Å². The quantitative estimate of drug-likeness (QED) is 0.344. The highest BCUT2D eigenvalue weighted by atomic mass is 16.5. The molecule has 2 aromatic carbocycles. The van der Waals surface area contributed by atoms with E-state index in [1.165, 1.54) is 11.1 Å². The van der Waals surface area contributed by atoms with Crippen LogP contribution in [0.3, 0.4) is 0 Å². The van der Waals surface area contributed by atoms with Crippen LogP contribution in [-0.2, 0) is 29.2 Å². The second-order valence-corrected chi connectivity index (χ2v) is 6.64. The van der Waals surface area contributed by atoms with E-state index < -0.39 is 0 Å². The average Bonchev–Trinajstić information content (AvgIpc) is 2.74. The fourth-order valence-electron chi connectivity index (χ4n) is 2.84. The van der Waals surface area contributed by atoms with Crippen LogP contribution in [0.15, 0.2) is 47.5 Å². The van der Waals surface area contributed by atoms with Crippen molar-refractivity contribution in [3.63, 3.8) is 0 Å². The first-order valence-corrected chi connectivity index (χ1v) is 9.98. The predicted octanol–water partition coefficient (Wildman–Crippen LogP) is 3.42. The van der Waals surface area contributed by atoms with Gasteiger partial charge in [-0.05, 0) is 36.6 Å². The summed E-state index contributed by atoms with van der Waals surface area (Å²) < 4.78 is 16.5. The van der Waals surface area contributed by atoms with Gasteiger partial charge in [-0.25, -0.2) is 0 Å². The Morgan fingerprint density at radius 1 is 0.966 bits per heavy atom. The van der Waals surface area contributed by atoms with Crippen LogP contribution in [0.4, 0.5) is 0 Å². The molecule has 0 aliphatic heterocycles. The molecule has 0 heterocycles. The maximum Gasteiger partial charge on any atom is 0.191 e. The lowest BCUT2D eigenvalue weighted by Crippen LogP contribution is -2.36. The smallest absolute Gasteiger partial charge is 0.191 e. The zero-order valence-electron chi connectivity index (χ0n) is 18.0. The Morgan fingerprint density at radius 3 is 2.38 bits per heavy atom. The van der Waals surface area contributed by atoms with E-state index in [1.807, 2.05) is 25.1 Å². The zero-order chi connectivity index (χ0) is 20.9. The summed E-state index contributed by atoms with van der Waals surface area (Å²) in [6, 6.07) is 14.5. The average molecular weight is 400 g/mol. The van der Waals surface area contributed by atoms with Crippen molar-refractivity contribution in [3.05, 3.63) is 64.7 Å². The monoisotopic (exact) mass is 399 g/mol. The van der Waals surface area contributed by atoms with E-state index in [0.29, 0.717) is 39.5 Å². The van der Waals surface area contributed by atoms with Gasteiger partial charge < -0.3 is 24.8 Å². The van der Waals surface area contributed by atoms with Crippen LogP contribution >= 0.6 is 0 Å². The highest BCUT2D eigenvalue weighted by Crippen LogP contribution is 2.20. The Hall–Kier alpha value is -2.57. The molecular formula is C23H33N3O3. The summed E-state index contributed by atoms with van der Waals surface area (Å²) in [5.41, 5.74) is 4.62. The Morgan fingerprint density at radius 2 is 1.69 bits per heavy atom. The zero-order valence-corrected chi connectivity index (χ0v) is 18.0. The molecule has 0 atom stereocenters. The van der Waals surface area contributed by atoms with E-state index in [0.717, 1.165) is 22.8 Å². The minimum atomic E-state index is 0.524. The Kier molecular flexibility index (Phi) is 10.0. The number of rotatable bonds is 11. The van der Waals surface area contributed by atoms with E-state index in [1.54, 1.807) is 14.2 Å². The minimum absolute atomic E-state index is 0.524. The number of benzene rings is 2. The Labute approximate surface area is 174 Å². The molecule has 0 aliphatic rings. The van der Waals surface area contributed by atoms with Crippen molar-refractivity contribution < 1.29 is 14.2 Å². The first-order chi connectivity index (χ1) is 14.2. The van der Waals surface area contributed by atoms with Crippen LogP contribution < -0.4 is 15.4 Å². The second kappa shape index (κ2) is 12.8. The molecule has 2 aromatic rings. The molecule has 6 nitrogen and oxygen atoms in total. The van der Waals surface area contributed by atoms with Gasteiger partial charge in [0.25, 0.3) is 0 Å². The molecule has 0 aliphatic carbocycles. The van der Waals surface area contributed by atoms with Crippen LogP contribution in [-0.4, -0.2) is 39.9 Å². The van der Waals surface area contributed by atoms with Crippen molar-refractivity contribution in [1.82, 2.24) is 10.6 Å². The van der Waals surface area contributed by atoms with Gasteiger partial charge in [0.2, 0.25) is 0 Å². The summed E-state index contributed by atoms with van der Waals surface area (Å²) in [5, 5.41) is 6.74. The largest absolute Gasteiger partial charge is 0.491 e. The van der Waals surface area contributed by atoms with E-state index in [2.05, 4.69) is 46.8 Å². The van der Waals surface area contributed by atoms with Crippen molar-refractivity contribution in [2.45, 2.75) is 33.5 Å². The molecule has 2 rings (SSSR count). The second-order valence-electron chi connectivity index (χ2n) is 6.64. The first kappa shape index (κ1) is 22.7. The SMILES string of the molecule is CCOCc1ccccc1CNC(=NC)NCc1ccc(C)cc1OCCOC. The highest BCUT2D eigenvalue weighted by molar-refractivity contribution is 5.79. The highest BCUT2D eigenvalue weighted by Gasteiger charge is 2.07. The summed E-state index contributed by atoms with van der Waals surface area (Å²) in [6.45, 7) is 7.76. The van der Waals surface area contributed by atoms with Gasteiger partial charge in [0.15, 0.2) is 5.96 Å². The summed E-state index contributed by atoms with van der Waals surface area (Å²) in [5.74, 6) is 1.60. The molecule has 0 radical (unpaired) electrons. The van der Waals surface area contributed by atoms with Gasteiger partial charge in [-0.15, -0.1) is 0 Å². The maximum absolute atomic E-state index is 5.87. The molecule has 0 saturated carbocycles. The van der Waals surface area contributed by atoms with Crippen LogP contribution in [0.1, 0.15) is 29.2 Å². The van der Waals surface area contributed by atoms with Crippen molar-refractivity contribution in [2.75, 3.05) is 34.0 Å². The third-order valence-corrected chi connectivity index (χ3v) is 4.46. The molecule has 29 heavy (non-hydrogen) atoms. The molecule has 0 unspecified atom stereocenters. The molecule has 0 saturated heterocycles. The van der Waals surface area contributed by atoms with Crippen molar-refractivity contribution in [3.8, 4) is 5.75 Å². The van der Waals surface area contributed by atoms with Gasteiger partial charge in [-0.2, -0.15) is 0 Å². The third kappa shape index (κ3) is 7.75. The number of nitrogens with zero attached hydrogens (tertiary/aromatic N) is 1. The van der Waals surface area contributed by atoms with Gasteiger partial charge >= 0.3 is 0 Å². The first-order valence-electron chi connectivity index (χ1n) is 9.98. The fourth-order valence-corrected chi connectivity index (χ4v) is 2.84. The number of methoxy groups -OCH3 is 1. The van der Waals surface area contributed by atoms with E-state index >= 15 is 0 Å². The molecule has 0 bridgehead atoms. The molecule has 6 heteroatoms. The molecule has 0 aromatic heterocycles. The Bertz CT molecular complexity index is 778. The van der Waals surface area contributed by atoms with E-state index in [4.69, 9.17) is 14.2 Å². The van der Waals surface area contributed by atoms with Gasteiger partial charge in [0, 0.05) is 39.4 Å². The van der Waals surface area contributed by atoms with Crippen LogP contribution in [0, 0.1) is 6.92 Å². The lowest BCUT2D eigenvalue weighted by molar-refractivity contribution is 0.133. The minimum Gasteiger partial charge on any atom is -0.491 e. The van der Waals surface area contributed by atoms with Crippen molar-refractivity contribution in [2.24, 2.45) is 4.99 Å². The summed E-state index contributed by atoms with van der Waals surface area (Å²) in [4.78, 5) is 4.34. The number of hydrogen-bond donors (Lipinski definition) is 2. The van der Waals surface area contributed by atoms with Crippen LogP contribution in [0.25, 0.3) is 0 Å². The molecule has 0 amide bonds. The van der Waals surface area contributed by atoms with Crippen LogP contribution in [0.2, 0.25) is 0 Å². The van der Waals surface area contributed by atoms with Crippen LogP contribution in [0.5, 0.6) is 5.75 Å². The number of hydrogen-bond acceptors (Lipinski definition) is 4. The lowest BCUT2D eigenvalue weighted by atomic mass is 10.1. The number of aryl methyl sites for hydroxylation is 1. The summed E-state index contributed by atoms with van der Waals surface area (Å²) >= 11 is 0. The topological polar surface area (TPSA) is 64.1 Å². The van der Waals surface area contributed by atoms with E-state index in [9.17, 15) is 0 Å². The number of aliphatic imine (C=N–C) groups is 1. The van der Waals surface area contributed by atoms with Crippen molar-refractivity contribution >= 4 is 5.96 Å². The third-order valence-electron chi connectivity index (χ3n) is 4.46. The number of ether oxygens (including phenoxy) is 3. The van der Waals surface area contributed by atoms with Gasteiger partial charge in [-0.1, -0.05) is 36.4 Å². The molecular weight excluding hydrogens is 366 g/mol. The van der Waals surface area contributed by atoms with Gasteiger partial charge in [-0.3, -0.25) is 4.99 Å². The predicted molar refractivity (Wildman–Crippen MR) is 117 cm³/mol. The number of guanidine groups is 1. The summed E-state index contributed by atoms with van der Waals surface area (Å²) in [7, 11) is 3.44. The lowest BCUT2D eigenvalue weighted by Gasteiger charge is -2.16. The van der Waals surface area contributed by atoms with Crippen molar-refractivity contribution in [1.29, 1.82) is 0 Å². The molecule has 2 N–H and O–H groups in total. The Balaban J connectivity index is 1.95. The standard InChI is InChI=1S/C23H33N3O3/c1-5-28-17-21-9-7-6-8-19(21)15-25-23(24-3)26-16-20-11-10-18(2)14-22(20)29-13-12-27-4/h6-11,14H,5,12-13,15-17H2,1-4H3,(H2,24,25,26). The normalized spacial score (nSPS) is 11.4.